The molecule has 0 amide bonds. The van der Waals surface area contributed by atoms with Crippen LogP contribution < -0.4 is 5.73 Å². The van der Waals surface area contributed by atoms with Crippen LogP contribution in [0.15, 0.2) is 36.5 Å². The highest BCUT2D eigenvalue weighted by molar-refractivity contribution is 5.60. The molecule has 1 heterocycles. The van der Waals surface area contributed by atoms with Crippen LogP contribution in [0.3, 0.4) is 0 Å². The number of hydrogen-bond donors (Lipinski definition) is 2. The number of rotatable bonds is 3. The zero-order valence-electron chi connectivity index (χ0n) is 8.30. The van der Waals surface area contributed by atoms with Gasteiger partial charge in [0, 0.05) is 18.3 Å². The molecule has 2 rings (SSSR count). The maximum absolute atomic E-state index is 9.33. The molecule has 78 valence electrons. The van der Waals surface area contributed by atoms with Gasteiger partial charge < -0.3 is 10.8 Å². The monoisotopic (exact) mass is 203 g/mol. The Morgan fingerprint density at radius 2 is 2.20 bits per heavy atom. The molecule has 0 saturated heterocycles. The molecule has 0 spiro atoms. The molecular formula is C11H13N3O. The highest BCUT2D eigenvalue weighted by Crippen LogP contribution is 2.20. The summed E-state index contributed by atoms with van der Waals surface area (Å²) in [6.45, 7) is 1.28. The third kappa shape index (κ3) is 2.16. The van der Waals surface area contributed by atoms with Crippen LogP contribution in [0, 0.1) is 0 Å². The fraction of sp³-hybridized carbons (Fsp3) is 0.182. The van der Waals surface area contributed by atoms with Crippen LogP contribution >= 0.6 is 0 Å². The summed E-state index contributed by atoms with van der Waals surface area (Å²) in [5, 5.41) is 13.7. The molecular weight excluding hydrogens is 190 g/mol. The van der Waals surface area contributed by atoms with Gasteiger partial charge in [-0.15, -0.1) is 0 Å². The summed E-state index contributed by atoms with van der Waals surface area (Å²) in [6.07, 6.45) is 1.88. The maximum Gasteiger partial charge on any atom is 0.116 e. The summed E-state index contributed by atoms with van der Waals surface area (Å²) >= 11 is 0. The summed E-state index contributed by atoms with van der Waals surface area (Å²) in [4.78, 5) is 0. The first kappa shape index (κ1) is 9.73. The molecule has 0 fully saturated rings. The highest BCUT2D eigenvalue weighted by atomic mass is 16.3. The molecule has 0 bridgehead atoms. The van der Waals surface area contributed by atoms with Crippen molar-refractivity contribution in [2.75, 3.05) is 6.54 Å². The molecule has 0 atom stereocenters. The third-order valence-electron chi connectivity index (χ3n) is 2.14. The van der Waals surface area contributed by atoms with Gasteiger partial charge in [0.2, 0.25) is 0 Å². The number of phenols is 1. The second kappa shape index (κ2) is 4.14. The Hall–Kier alpha value is -1.81. The molecule has 4 heteroatoms. The lowest BCUT2D eigenvalue weighted by Gasteiger charge is -1.98. The van der Waals surface area contributed by atoms with E-state index in [9.17, 15) is 5.11 Å². The van der Waals surface area contributed by atoms with Gasteiger partial charge in [0.15, 0.2) is 0 Å². The Bertz CT molecular complexity index is 451. The Balaban J connectivity index is 2.29. The summed E-state index contributed by atoms with van der Waals surface area (Å²) in [5.41, 5.74) is 7.19. The molecule has 4 nitrogen and oxygen atoms in total. The van der Waals surface area contributed by atoms with Crippen molar-refractivity contribution < 1.29 is 5.11 Å². The summed E-state index contributed by atoms with van der Waals surface area (Å²) in [7, 11) is 0. The van der Waals surface area contributed by atoms with Crippen molar-refractivity contribution in [1.29, 1.82) is 0 Å². The van der Waals surface area contributed by atoms with Crippen LogP contribution in [0.4, 0.5) is 0 Å². The number of nitrogens with two attached hydrogens (primary N) is 1. The zero-order chi connectivity index (χ0) is 10.7. The predicted octanol–water partition coefficient (Wildman–Crippen LogP) is 1.21. The van der Waals surface area contributed by atoms with Gasteiger partial charge in [0.05, 0.1) is 12.2 Å². The Kier molecular flexibility index (Phi) is 2.69. The van der Waals surface area contributed by atoms with E-state index in [0.717, 1.165) is 11.3 Å². The predicted molar refractivity (Wildman–Crippen MR) is 58.4 cm³/mol. The first-order chi connectivity index (χ1) is 7.29. The van der Waals surface area contributed by atoms with Crippen molar-refractivity contribution >= 4 is 0 Å². The van der Waals surface area contributed by atoms with Gasteiger partial charge in [-0.05, 0) is 18.2 Å². The molecule has 0 aliphatic heterocycles. The van der Waals surface area contributed by atoms with Crippen LogP contribution in [0.5, 0.6) is 5.75 Å². The van der Waals surface area contributed by atoms with E-state index in [1.54, 1.807) is 22.9 Å². The zero-order valence-corrected chi connectivity index (χ0v) is 8.30. The molecule has 1 aromatic heterocycles. The maximum atomic E-state index is 9.33. The number of hydrogen-bond acceptors (Lipinski definition) is 3. The normalized spacial score (nSPS) is 10.5. The minimum absolute atomic E-state index is 0.251. The third-order valence-corrected chi connectivity index (χ3v) is 2.14. The van der Waals surface area contributed by atoms with Crippen molar-refractivity contribution in [3.63, 3.8) is 0 Å². The Labute approximate surface area is 88.0 Å². The second-order valence-electron chi connectivity index (χ2n) is 3.30. The van der Waals surface area contributed by atoms with Gasteiger partial charge in [-0.1, -0.05) is 12.1 Å². The lowest BCUT2D eigenvalue weighted by Crippen LogP contribution is -2.09. The molecule has 1 aromatic carbocycles. The number of aromatic nitrogens is 2. The topological polar surface area (TPSA) is 64.1 Å². The lowest BCUT2D eigenvalue weighted by atomic mass is 10.1. The summed E-state index contributed by atoms with van der Waals surface area (Å²) in [6, 6.07) is 8.95. The van der Waals surface area contributed by atoms with Gasteiger partial charge in [-0.2, -0.15) is 5.10 Å². The van der Waals surface area contributed by atoms with Crippen molar-refractivity contribution in [3.05, 3.63) is 36.5 Å². The van der Waals surface area contributed by atoms with E-state index < -0.39 is 0 Å². The minimum Gasteiger partial charge on any atom is -0.508 e. The Morgan fingerprint density at radius 3 is 2.93 bits per heavy atom. The molecule has 0 aliphatic rings. The second-order valence-corrected chi connectivity index (χ2v) is 3.30. The smallest absolute Gasteiger partial charge is 0.116 e. The van der Waals surface area contributed by atoms with Gasteiger partial charge >= 0.3 is 0 Å². The van der Waals surface area contributed by atoms with Crippen molar-refractivity contribution in [1.82, 2.24) is 9.78 Å². The van der Waals surface area contributed by atoms with Gasteiger partial charge in [-0.25, -0.2) is 0 Å². The highest BCUT2D eigenvalue weighted by Gasteiger charge is 2.02. The van der Waals surface area contributed by atoms with Crippen LogP contribution in [-0.2, 0) is 6.54 Å². The van der Waals surface area contributed by atoms with Crippen molar-refractivity contribution in [2.45, 2.75) is 6.54 Å². The molecule has 0 unspecified atom stereocenters. The van der Waals surface area contributed by atoms with Gasteiger partial charge in [-0.3, -0.25) is 4.68 Å². The van der Waals surface area contributed by atoms with Crippen LogP contribution in [0.2, 0.25) is 0 Å². The van der Waals surface area contributed by atoms with Crippen LogP contribution in [0.1, 0.15) is 0 Å². The van der Waals surface area contributed by atoms with E-state index >= 15 is 0 Å². The molecule has 0 aliphatic carbocycles. The van der Waals surface area contributed by atoms with Crippen LogP contribution in [0.25, 0.3) is 11.3 Å². The average Bonchev–Trinajstić information content (AvgIpc) is 2.67. The number of nitrogens with zero attached hydrogens (tertiary/aromatic N) is 2. The van der Waals surface area contributed by atoms with E-state index in [2.05, 4.69) is 5.10 Å². The van der Waals surface area contributed by atoms with E-state index in [4.69, 9.17) is 5.73 Å². The molecule has 0 saturated carbocycles. The molecule has 3 N–H and O–H groups in total. The minimum atomic E-state index is 0.251. The SMILES string of the molecule is NCCn1ccc(-c2cccc(O)c2)n1. The van der Waals surface area contributed by atoms with E-state index in [1.165, 1.54) is 0 Å². The fourth-order valence-electron chi connectivity index (χ4n) is 1.44. The number of phenolic OH excluding ortho intramolecular Hbond substituents is 1. The quantitative estimate of drug-likeness (QED) is 0.788. The number of benzene rings is 1. The first-order valence-electron chi connectivity index (χ1n) is 4.82. The van der Waals surface area contributed by atoms with E-state index in [0.29, 0.717) is 13.1 Å². The van der Waals surface area contributed by atoms with E-state index in [-0.39, 0.29) is 5.75 Å². The fourth-order valence-corrected chi connectivity index (χ4v) is 1.44. The van der Waals surface area contributed by atoms with E-state index in [1.807, 2.05) is 18.3 Å². The Morgan fingerprint density at radius 1 is 1.33 bits per heavy atom. The summed E-state index contributed by atoms with van der Waals surface area (Å²) in [5.74, 6) is 0.251. The number of aromatic hydroxyl groups is 1. The van der Waals surface area contributed by atoms with Crippen molar-refractivity contribution in [2.24, 2.45) is 5.73 Å². The summed E-state index contributed by atoms with van der Waals surface area (Å²) < 4.78 is 1.79. The first-order valence-corrected chi connectivity index (χ1v) is 4.82. The molecule has 2 aromatic rings. The molecule has 15 heavy (non-hydrogen) atoms. The van der Waals surface area contributed by atoms with Gasteiger partial charge in [0.1, 0.15) is 5.75 Å². The van der Waals surface area contributed by atoms with Crippen LogP contribution in [-0.4, -0.2) is 21.4 Å². The average molecular weight is 203 g/mol. The lowest BCUT2D eigenvalue weighted by molar-refractivity contribution is 0.475. The van der Waals surface area contributed by atoms with Crippen molar-refractivity contribution in [3.8, 4) is 17.0 Å². The van der Waals surface area contributed by atoms with Gasteiger partial charge in [0.25, 0.3) is 0 Å². The molecule has 0 radical (unpaired) electrons. The standard InChI is InChI=1S/C11H13N3O/c12-5-7-14-6-4-11(13-14)9-2-1-3-10(15)8-9/h1-4,6,8,15H,5,7,12H2. The largest absolute Gasteiger partial charge is 0.508 e.